The molecule has 4 nitrogen and oxygen atoms in total. The number of hydrogen-bond acceptors (Lipinski definition) is 5. The van der Waals surface area contributed by atoms with Gasteiger partial charge >= 0.3 is 5.63 Å². The lowest BCUT2D eigenvalue weighted by atomic mass is 9.93. The molecule has 1 aromatic heterocycles. The maximum absolute atomic E-state index is 12.0. The molecule has 0 spiro atoms. The molecule has 2 heterocycles. The minimum atomic E-state index is -0.307. The standard InChI is InChI=1S/C20H20N2O2S/c1-20(2)11-21-19(22-12-20)25-10-14-9-17(23)24-16-8-7-13-5-3-4-6-15(13)18(14)16/h3-9H,10-12H2,1-2H3,(H,21,22). The molecule has 4 rings (SSSR count). The summed E-state index contributed by atoms with van der Waals surface area (Å²) < 4.78 is 5.42. The predicted octanol–water partition coefficient (Wildman–Crippen LogP) is 4.16. The molecule has 0 bridgehead atoms. The van der Waals surface area contributed by atoms with E-state index in [1.54, 1.807) is 17.8 Å². The van der Waals surface area contributed by atoms with Crippen molar-refractivity contribution < 1.29 is 4.42 Å². The zero-order chi connectivity index (χ0) is 17.4. The van der Waals surface area contributed by atoms with Crippen LogP contribution in [0.1, 0.15) is 19.4 Å². The molecule has 0 fully saturated rings. The molecule has 1 aliphatic rings. The van der Waals surface area contributed by atoms with Gasteiger partial charge in [-0.15, -0.1) is 0 Å². The summed E-state index contributed by atoms with van der Waals surface area (Å²) in [4.78, 5) is 16.6. The van der Waals surface area contributed by atoms with Crippen LogP contribution in [0.25, 0.3) is 21.7 Å². The van der Waals surface area contributed by atoms with Gasteiger partial charge in [0.2, 0.25) is 0 Å². The Kier molecular flexibility index (Phi) is 4.04. The zero-order valence-electron chi connectivity index (χ0n) is 14.3. The first-order valence-corrected chi connectivity index (χ1v) is 9.36. The van der Waals surface area contributed by atoms with Gasteiger partial charge in [-0.2, -0.15) is 0 Å². The summed E-state index contributed by atoms with van der Waals surface area (Å²) in [7, 11) is 0. The van der Waals surface area contributed by atoms with E-state index in [0.29, 0.717) is 11.3 Å². The fraction of sp³-hybridized carbons (Fsp3) is 0.300. The molecule has 3 aromatic rings. The largest absolute Gasteiger partial charge is 0.423 e. The van der Waals surface area contributed by atoms with Crippen LogP contribution in [0.4, 0.5) is 0 Å². The van der Waals surface area contributed by atoms with Gasteiger partial charge in [-0.1, -0.05) is 55.9 Å². The van der Waals surface area contributed by atoms with Gasteiger partial charge in [-0.25, -0.2) is 4.79 Å². The Morgan fingerprint density at radius 2 is 2.08 bits per heavy atom. The Bertz CT molecular complexity index is 1040. The number of rotatable bonds is 2. The number of aliphatic imine (C=N–C) groups is 1. The van der Waals surface area contributed by atoms with E-state index in [-0.39, 0.29) is 11.0 Å². The SMILES string of the molecule is CC1(C)CN=C(SCc2cc(=O)oc3ccc4ccccc4c23)NC1. The third kappa shape index (κ3) is 3.29. The van der Waals surface area contributed by atoms with Gasteiger partial charge in [0.1, 0.15) is 5.58 Å². The summed E-state index contributed by atoms with van der Waals surface area (Å²) in [5, 5.41) is 7.61. The van der Waals surface area contributed by atoms with Crippen molar-refractivity contribution in [1.29, 1.82) is 0 Å². The van der Waals surface area contributed by atoms with E-state index < -0.39 is 0 Å². The fourth-order valence-corrected chi connectivity index (χ4v) is 3.94. The lowest BCUT2D eigenvalue weighted by Crippen LogP contribution is -2.39. The minimum Gasteiger partial charge on any atom is -0.423 e. The van der Waals surface area contributed by atoms with Crippen molar-refractivity contribution in [3.8, 4) is 0 Å². The second-order valence-electron chi connectivity index (χ2n) is 7.18. The van der Waals surface area contributed by atoms with Gasteiger partial charge in [-0.05, 0) is 22.4 Å². The predicted molar refractivity (Wildman–Crippen MR) is 105 cm³/mol. The van der Waals surface area contributed by atoms with E-state index in [4.69, 9.17) is 4.42 Å². The molecule has 0 unspecified atom stereocenters. The molecule has 0 radical (unpaired) electrons. The second-order valence-corrected chi connectivity index (χ2v) is 8.14. The zero-order valence-corrected chi connectivity index (χ0v) is 15.2. The lowest BCUT2D eigenvalue weighted by Gasteiger charge is -2.28. The van der Waals surface area contributed by atoms with Gasteiger partial charge in [0.05, 0.1) is 0 Å². The Labute approximate surface area is 150 Å². The third-order valence-electron chi connectivity index (χ3n) is 4.45. The smallest absolute Gasteiger partial charge is 0.336 e. The number of fused-ring (bicyclic) bond motifs is 3. The average molecular weight is 352 g/mol. The van der Waals surface area contributed by atoms with E-state index in [1.807, 2.05) is 24.3 Å². The molecular formula is C20H20N2O2S. The van der Waals surface area contributed by atoms with Crippen molar-refractivity contribution in [2.75, 3.05) is 13.1 Å². The highest BCUT2D eigenvalue weighted by molar-refractivity contribution is 8.13. The molecule has 0 saturated heterocycles. The Balaban J connectivity index is 1.73. The Morgan fingerprint density at radius 3 is 2.88 bits per heavy atom. The van der Waals surface area contributed by atoms with Crippen molar-refractivity contribution in [1.82, 2.24) is 5.32 Å². The van der Waals surface area contributed by atoms with E-state index in [1.165, 1.54) is 0 Å². The number of nitrogens with one attached hydrogen (secondary N) is 1. The average Bonchev–Trinajstić information content (AvgIpc) is 2.60. The molecule has 2 aromatic carbocycles. The summed E-state index contributed by atoms with van der Waals surface area (Å²) >= 11 is 1.64. The van der Waals surface area contributed by atoms with Crippen LogP contribution in [-0.2, 0) is 5.75 Å². The van der Waals surface area contributed by atoms with Gasteiger partial charge in [0.15, 0.2) is 5.17 Å². The topological polar surface area (TPSA) is 54.6 Å². The molecule has 1 N–H and O–H groups in total. The van der Waals surface area contributed by atoms with Crippen LogP contribution < -0.4 is 10.9 Å². The highest BCUT2D eigenvalue weighted by Crippen LogP contribution is 2.30. The van der Waals surface area contributed by atoms with E-state index in [2.05, 4.69) is 36.3 Å². The van der Waals surface area contributed by atoms with Crippen LogP contribution in [-0.4, -0.2) is 18.3 Å². The molecule has 25 heavy (non-hydrogen) atoms. The fourth-order valence-electron chi connectivity index (χ4n) is 3.09. The molecule has 0 aliphatic carbocycles. The molecule has 1 aliphatic heterocycles. The monoisotopic (exact) mass is 352 g/mol. The number of hydrogen-bond donors (Lipinski definition) is 1. The molecule has 5 heteroatoms. The van der Waals surface area contributed by atoms with Gasteiger partial charge in [0.25, 0.3) is 0 Å². The summed E-state index contributed by atoms with van der Waals surface area (Å²) in [6.07, 6.45) is 0. The summed E-state index contributed by atoms with van der Waals surface area (Å²) in [5.74, 6) is 0.683. The second kappa shape index (κ2) is 6.23. The normalized spacial score (nSPS) is 16.6. The van der Waals surface area contributed by atoms with E-state index in [0.717, 1.165) is 40.0 Å². The molecular weight excluding hydrogens is 332 g/mol. The van der Waals surface area contributed by atoms with E-state index >= 15 is 0 Å². The highest BCUT2D eigenvalue weighted by Gasteiger charge is 2.22. The van der Waals surface area contributed by atoms with Crippen molar-refractivity contribution in [3.63, 3.8) is 0 Å². The van der Waals surface area contributed by atoms with Gasteiger partial charge < -0.3 is 9.73 Å². The van der Waals surface area contributed by atoms with Crippen LogP contribution in [0.3, 0.4) is 0 Å². The molecule has 0 saturated carbocycles. The van der Waals surface area contributed by atoms with E-state index in [9.17, 15) is 4.79 Å². The number of benzene rings is 2. The third-order valence-corrected chi connectivity index (χ3v) is 5.45. The first kappa shape index (κ1) is 16.2. The molecule has 128 valence electrons. The van der Waals surface area contributed by atoms with Crippen LogP contribution in [0.15, 0.2) is 56.7 Å². The van der Waals surface area contributed by atoms with Crippen LogP contribution in [0.5, 0.6) is 0 Å². The quantitative estimate of drug-likeness (QED) is 0.556. The highest BCUT2D eigenvalue weighted by atomic mass is 32.2. The van der Waals surface area contributed by atoms with Crippen molar-refractivity contribution >= 4 is 38.7 Å². The van der Waals surface area contributed by atoms with Crippen LogP contribution in [0, 0.1) is 5.41 Å². The number of thioether (sulfide) groups is 1. The maximum atomic E-state index is 12.0. The summed E-state index contributed by atoms with van der Waals surface area (Å²) in [5.41, 5.74) is 1.52. The van der Waals surface area contributed by atoms with Crippen LogP contribution in [0.2, 0.25) is 0 Å². The van der Waals surface area contributed by atoms with Crippen LogP contribution >= 0.6 is 11.8 Å². The van der Waals surface area contributed by atoms with Crippen molar-refractivity contribution in [3.05, 3.63) is 58.4 Å². The first-order valence-electron chi connectivity index (χ1n) is 8.37. The van der Waals surface area contributed by atoms with Crippen molar-refractivity contribution in [2.45, 2.75) is 19.6 Å². The molecule has 0 amide bonds. The number of amidine groups is 1. The summed E-state index contributed by atoms with van der Waals surface area (Å²) in [6, 6.07) is 13.7. The van der Waals surface area contributed by atoms with Gasteiger partial charge in [-0.3, -0.25) is 4.99 Å². The van der Waals surface area contributed by atoms with Crippen molar-refractivity contribution in [2.24, 2.45) is 10.4 Å². The molecule has 0 atom stereocenters. The minimum absolute atomic E-state index is 0.195. The lowest BCUT2D eigenvalue weighted by molar-refractivity contribution is 0.364. The maximum Gasteiger partial charge on any atom is 0.336 e. The Hall–Kier alpha value is -2.27. The van der Waals surface area contributed by atoms with Gasteiger partial charge in [0, 0.05) is 35.7 Å². The first-order chi connectivity index (χ1) is 12.0. The summed E-state index contributed by atoms with van der Waals surface area (Å²) in [6.45, 7) is 6.14. The number of nitrogens with zero attached hydrogens (tertiary/aromatic N) is 1. The Morgan fingerprint density at radius 1 is 1.24 bits per heavy atom.